The topological polar surface area (TPSA) is 94.8 Å². The Balaban J connectivity index is 1.57. The van der Waals surface area contributed by atoms with Crippen molar-refractivity contribution in [3.05, 3.63) is 23.3 Å². The molecule has 0 bridgehead atoms. The summed E-state index contributed by atoms with van der Waals surface area (Å²) in [5.74, 6) is -0.164. The van der Waals surface area contributed by atoms with E-state index in [1.807, 2.05) is 6.92 Å². The molecule has 7 unspecified atom stereocenters. The van der Waals surface area contributed by atoms with Crippen LogP contribution in [0.15, 0.2) is 12.1 Å². The molecule has 4 aliphatic rings. The first-order valence-electron chi connectivity index (χ1n) is 12.2. The van der Waals surface area contributed by atoms with E-state index in [1.54, 1.807) is 6.07 Å². The molecule has 0 heterocycles. The molecule has 4 aliphatic carbocycles. The molecule has 0 aliphatic heterocycles. The molecule has 174 valence electrons. The number of aliphatic carboxylic acids is 1. The molecule has 1 aromatic carbocycles. The molecule has 0 radical (unpaired) electrons. The zero-order valence-corrected chi connectivity index (χ0v) is 19.7. The highest BCUT2D eigenvalue weighted by atomic mass is 16.4. The molecule has 5 heteroatoms. The largest absolute Gasteiger partial charge is 0.504 e. The van der Waals surface area contributed by atoms with Gasteiger partial charge in [0.15, 0.2) is 17.3 Å². The van der Waals surface area contributed by atoms with Crippen molar-refractivity contribution in [2.75, 3.05) is 0 Å². The molecule has 5 rings (SSSR count). The number of ketones is 1. The molecule has 0 amide bonds. The van der Waals surface area contributed by atoms with Gasteiger partial charge in [0.25, 0.3) is 0 Å². The van der Waals surface area contributed by atoms with Gasteiger partial charge in [0.1, 0.15) is 0 Å². The lowest BCUT2D eigenvalue weighted by atomic mass is 9.37. The van der Waals surface area contributed by atoms with Gasteiger partial charge in [-0.2, -0.15) is 0 Å². The van der Waals surface area contributed by atoms with Crippen LogP contribution in [0.3, 0.4) is 0 Å². The zero-order valence-electron chi connectivity index (χ0n) is 19.7. The average molecular weight is 441 g/mol. The Labute approximate surface area is 190 Å². The number of rotatable bonds is 1. The number of carboxylic acid groups (broad SMARTS) is 1. The fourth-order valence-corrected chi connectivity index (χ4v) is 8.60. The fraction of sp³-hybridized carbons (Fsp3) is 0.704. The molecular formula is C27H36O5. The van der Waals surface area contributed by atoms with E-state index < -0.39 is 11.4 Å². The number of hydrogen-bond acceptors (Lipinski definition) is 4. The third kappa shape index (κ3) is 2.69. The maximum absolute atomic E-state index is 13.2. The van der Waals surface area contributed by atoms with Crippen molar-refractivity contribution in [1.29, 1.82) is 0 Å². The van der Waals surface area contributed by atoms with Crippen LogP contribution in [0, 0.1) is 34.0 Å². The fourth-order valence-electron chi connectivity index (χ4n) is 8.60. The normalized spacial score (nSPS) is 45.2. The molecule has 0 aromatic heterocycles. The van der Waals surface area contributed by atoms with E-state index in [1.165, 1.54) is 6.07 Å². The Morgan fingerprint density at radius 3 is 2.31 bits per heavy atom. The van der Waals surface area contributed by atoms with Crippen LogP contribution in [-0.4, -0.2) is 27.1 Å². The molecule has 3 N–H and O–H groups in total. The number of aromatic hydroxyl groups is 2. The molecule has 32 heavy (non-hydrogen) atoms. The standard InChI is InChI=1S/C27H36O5/c1-24-6-5-16-18-13-19(28)15-11-20(29)21(30)12-17(15)26(18,3)9-10-27(16,4)22(24)14-25(2,8-7-24)23(31)32/h11-12,16,18,22,29-30H,5-10,13-14H2,1-4H3,(H,31,32). The molecule has 5 nitrogen and oxygen atoms in total. The van der Waals surface area contributed by atoms with Crippen molar-refractivity contribution in [2.24, 2.45) is 34.0 Å². The Kier molecular flexibility index (Phi) is 4.43. The second-order valence-electron chi connectivity index (χ2n) is 12.5. The second kappa shape index (κ2) is 6.51. The third-order valence-corrected chi connectivity index (χ3v) is 10.9. The van der Waals surface area contributed by atoms with Gasteiger partial charge in [0.2, 0.25) is 0 Å². The van der Waals surface area contributed by atoms with Gasteiger partial charge in [0.05, 0.1) is 5.41 Å². The van der Waals surface area contributed by atoms with Crippen LogP contribution >= 0.6 is 0 Å². The van der Waals surface area contributed by atoms with Gasteiger partial charge in [-0.25, -0.2) is 0 Å². The van der Waals surface area contributed by atoms with E-state index in [0.717, 1.165) is 44.1 Å². The van der Waals surface area contributed by atoms with Crippen molar-refractivity contribution >= 4 is 11.8 Å². The highest BCUT2D eigenvalue weighted by molar-refractivity contribution is 6.00. The first-order chi connectivity index (χ1) is 14.8. The monoisotopic (exact) mass is 440 g/mol. The maximum Gasteiger partial charge on any atom is 0.309 e. The van der Waals surface area contributed by atoms with Gasteiger partial charge in [0, 0.05) is 12.0 Å². The van der Waals surface area contributed by atoms with E-state index in [9.17, 15) is 24.9 Å². The minimum Gasteiger partial charge on any atom is -0.504 e. The Hall–Kier alpha value is -2.04. The summed E-state index contributed by atoms with van der Waals surface area (Å²) in [5, 5.41) is 30.2. The van der Waals surface area contributed by atoms with Crippen molar-refractivity contribution in [3.8, 4) is 11.5 Å². The molecular weight excluding hydrogens is 404 g/mol. The van der Waals surface area contributed by atoms with Crippen LogP contribution < -0.4 is 0 Å². The van der Waals surface area contributed by atoms with Gasteiger partial charge >= 0.3 is 5.97 Å². The Bertz CT molecular complexity index is 1020. The first kappa shape index (κ1) is 21.8. The summed E-state index contributed by atoms with van der Waals surface area (Å²) in [6, 6.07) is 3.06. The predicted octanol–water partition coefficient (Wildman–Crippen LogP) is 5.67. The van der Waals surface area contributed by atoms with E-state index in [4.69, 9.17) is 0 Å². The van der Waals surface area contributed by atoms with Gasteiger partial charge in [-0.05, 0) is 104 Å². The Morgan fingerprint density at radius 1 is 0.938 bits per heavy atom. The summed E-state index contributed by atoms with van der Waals surface area (Å²) >= 11 is 0. The molecule has 0 saturated heterocycles. The van der Waals surface area contributed by atoms with E-state index in [2.05, 4.69) is 20.8 Å². The third-order valence-electron chi connectivity index (χ3n) is 10.9. The van der Waals surface area contributed by atoms with Crippen LogP contribution in [0.1, 0.15) is 95.0 Å². The number of Topliss-reactive ketones (excluding diaryl/α,β-unsaturated/α-hetero) is 1. The molecule has 1 aromatic rings. The van der Waals surface area contributed by atoms with E-state index in [0.29, 0.717) is 30.2 Å². The van der Waals surface area contributed by atoms with E-state index in [-0.39, 0.29) is 39.4 Å². The zero-order chi connectivity index (χ0) is 23.3. The number of fused-ring (bicyclic) bond motifs is 7. The van der Waals surface area contributed by atoms with Gasteiger partial charge in [-0.15, -0.1) is 0 Å². The van der Waals surface area contributed by atoms with Crippen molar-refractivity contribution in [3.63, 3.8) is 0 Å². The number of phenolic OH excluding ortho intramolecular Hbond substituents is 2. The lowest BCUT2D eigenvalue weighted by Gasteiger charge is -2.67. The quantitative estimate of drug-likeness (QED) is 0.489. The summed E-state index contributed by atoms with van der Waals surface area (Å²) in [7, 11) is 0. The minimum absolute atomic E-state index is 0.00501. The number of hydrogen-bond donors (Lipinski definition) is 3. The first-order valence-corrected chi connectivity index (χ1v) is 12.2. The summed E-state index contributed by atoms with van der Waals surface area (Å²) in [6.45, 7) is 8.90. The highest BCUT2D eigenvalue weighted by Gasteiger charge is 2.64. The number of carboxylic acids is 1. The van der Waals surface area contributed by atoms with Crippen molar-refractivity contribution < 1.29 is 24.9 Å². The molecule has 7 atom stereocenters. The van der Waals surface area contributed by atoms with Crippen LogP contribution in [0.5, 0.6) is 11.5 Å². The summed E-state index contributed by atoms with van der Waals surface area (Å²) in [6.07, 6.45) is 6.94. The summed E-state index contributed by atoms with van der Waals surface area (Å²) in [5.41, 5.74) is 0.702. The predicted molar refractivity (Wildman–Crippen MR) is 121 cm³/mol. The number of carbonyl (C=O) groups excluding carboxylic acids is 1. The van der Waals surface area contributed by atoms with Crippen LogP contribution in [0.4, 0.5) is 0 Å². The average Bonchev–Trinajstić information content (AvgIpc) is 2.72. The van der Waals surface area contributed by atoms with Gasteiger partial charge in [-0.3, -0.25) is 9.59 Å². The van der Waals surface area contributed by atoms with Gasteiger partial charge in [-0.1, -0.05) is 20.8 Å². The van der Waals surface area contributed by atoms with Crippen molar-refractivity contribution in [2.45, 2.75) is 84.5 Å². The lowest BCUT2D eigenvalue weighted by Crippen LogP contribution is -2.61. The summed E-state index contributed by atoms with van der Waals surface area (Å²) in [4.78, 5) is 25.3. The maximum atomic E-state index is 13.2. The van der Waals surface area contributed by atoms with Crippen LogP contribution in [-0.2, 0) is 10.2 Å². The lowest BCUT2D eigenvalue weighted by molar-refractivity contribution is -0.176. The molecule has 3 fully saturated rings. The van der Waals surface area contributed by atoms with Gasteiger partial charge < -0.3 is 15.3 Å². The molecule has 0 spiro atoms. The Morgan fingerprint density at radius 2 is 1.62 bits per heavy atom. The van der Waals surface area contributed by atoms with Crippen LogP contribution in [0.2, 0.25) is 0 Å². The summed E-state index contributed by atoms with van der Waals surface area (Å²) < 4.78 is 0. The number of carbonyl (C=O) groups is 2. The van der Waals surface area contributed by atoms with Crippen LogP contribution in [0.25, 0.3) is 0 Å². The van der Waals surface area contributed by atoms with Crippen molar-refractivity contribution in [1.82, 2.24) is 0 Å². The minimum atomic E-state index is -0.678. The van der Waals surface area contributed by atoms with E-state index >= 15 is 0 Å². The SMILES string of the molecule is CC1(C(=O)O)CCC2(C)CCC3C4CC(=O)c5cc(O)c(O)cc5C4(C)CCC3(C)C2C1. The number of phenols is 2. The smallest absolute Gasteiger partial charge is 0.309 e. The second-order valence-corrected chi connectivity index (χ2v) is 12.5. The highest BCUT2D eigenvalue weighted by Crippen LogP contribution is 2.70. The molecule has 3 saturated carbocycles. The number of benzene rings is 1.